The zero-order valence-corrected chi connectivity index (χ0v) is 24.0. The number of amides is 1. The van der Waals surface area contributed by atoms with Gasteiger partial charge in [0.05, 0.1) is 36.1 Å². The number of benzene rings is 2. The van der Waals surface area contributed by atoms with Crippen LogP contribution in [0, 0.1) is 0 Å². The van der Waals surface area contributed by atoms with Gasteiger partial charge in [-0.1, -0.05) is 35.6 Å². The van der Waals surface area contributed by atoms with Crippen LogP contribution < -0.4 is 34.8 Å². The number of nitrogens with two attached hydrogens (primary N) is 1. The second-order valence-corrected chi connectivity index (χ2v) is 9.86. The van der Waals surface area contributed by atoms with E-state index in [9.17, 15) is 14.4 Å². The number of hydrogen-bond acceptors (Lipinski definition) is 10. The number of aromatic nitrogens is 1. The Balaban J connectivity index is 1.85. The highest BCUT2D eigenvalue weighted by atomic mass is 32.1. The second-order valence-electron chi connectivity index (χ2n) is 8.85. The summed E-state index contributed by atoms with van der Waals surface area (Å²) < 4.78 is 29.1. The Morgan fingerprint density at radius 1 is 1.07 bits per heavy atom. The van der Waals surface area contributed by atoms with E-state index in [0.29, 0.717) is 50.0 Å². The number of primary amides is 1. The smallest absolute Gasteiger partial charge is 0.338 e. The molecule has 1 aliphatic rings. The van der Waals surface area contributed by atoms with Crippen LogP contribution in [0.2, 0.25) is 0 Å². The third-order valence-corrected chi connectivity index (χ3v) is 7.11. The number of carbonyl (C=O) groups is 2. The fraction of sp³-hybridized carbons (Fsp3) is 0.310. The minimum Gasteiger partial charge on any atom is -0.496 e. The van der Waals surface area contributed by atoms with Crippen molar-refractivity contribution in [3.8, 4) is 17.2 Å². The first-order chi connectivity index (χ1) is 19.8. The number of rotatable bonds is 12. The van der Waals surface area contributed by atoms with Crippen molar-refractivity contribution < 1.29 is 33.3 Å². The first-order valence-electron chi connectivity index (χ1n) is 12.8. The number of methoxy groups -OCH3 is 2. The zero-order chi connectivity index (χ0) is 29.5. The van der Waals surface area contributed by atoms with Gasteiger partial charge < -0.3 is 29.4 Å². The first kappa shape index (κ1) is 29.6. The van der Waals surface area contributed by atoms with Crippen LogP contribution in [0.5, 0.6) is 17.2 Å². The largest absolute Gasteiger partial charge is 0.496 e. The molecule has 1 atom stereocenters. The van der Waals surface area contributed by atoms with Crippen molar-refractivity contribution in [2.75, 3.05) is 40.6 Å². The Morgan fingerprint density at radius 2 is 1.85 bits per heavy atom. The molecule has 4 rings (SSSR count). The fourth-order valence-corrected chi connectivity index (χ4v) is 5.41. The fourth-order valence-electron chi connectivity index (χ4n) is 4.37. The molecule has 216 valence electrons. The molecule has 0 aliphatic carbocycles. The number of hydrogen-bond donors (Lipinski definition) is 1. The Morgan fingerprint density at radius 3 is 2.56 bits per heavy atom. The summed E-state index contributed by atoms with van der Waals surface area (Å²) in [5.74, 6) is 0.0598. The molecule has 1 unspecified atom stereocenters. The van der Waals surface area contributed by atoms with Crippen LogP contribution >= 0.6 is 11.3 Å². The van der Waals surface area contributed by atoms with Gasteiger partial charge in [0, 0.05) is 12.7 Å². The average Bonchev–Trinajstić information content (AvgIpc) is 3.25. The van der Waals surface area contributed by atoms with Gasteiger partial charge in [0.15, 0.2) is 22.9 Å². The van der Waals surface area contributed by atoms with Gasteiger partial charge in [-0.15, -0.1) is 0 Å². The van der Waals surface area contributed by atoms with Crippen molar-refractivity contribution in [3.05, 3.63) is 84.5 Å². The summed E-state index contributed by atoms with van der Waals surface area (Å²) in [5, 5.41) is 0. The molecule has 2 heterocycles. The molecule has 0 radical (unpaired) electrons. The van der Waals surface area contributed by atoms with E-state index in [1.165, 1.54) is 30.1 Å². The standard InChI is InChI=1S/C29H31N3O8S/c1-5-38-22-14-18(10-11-21(22)40-16-24(30)33)15-23-27(34)32-26(19-8-6-7-9-20(19)37-4)25(17(2)31-29(32)41-23)28(35)39-13-12-36-3/h6-11,14-15,26H,5,12-13,16H2,1-4H3,(H2,30,33). The second kappa shape index (κ2) is 13.3. The topological polar surface area (TPSA) is 141 Å². The van der Waals surface area contributed by atoms with Crippen LogP contribution in [-0.4, -0.2) is 57.1 Å². The van der Waals surface area contributed by atoms with Gasteiger partial charge >= 0.3 is 5.97 Å². The number of carbonyl (C=O) groups excluding carboxylic acids is 2. The van der Waals surface area contributed by atoms with Gasteiger partial charge in [-0.25, -0.2) is 9.79 Å². The van der Waals surface area contributed by atoms with Gasteiger partial charge in [-0.05, 0) is 43.7 Å². The molecule has 41 heavy (non-hydrogen) atoms. The van der Waals surface area contributed by atoms with Crippen LogP contribution in [0.4, 0.5) is 0 Å². The van der Waals surface area contributed by atoms with Crippen LogP contribution in [0.15, 0.2) is 63.5 Å². The molecule has 0 spiro atoms. The van der Waals surface area contributed by atoms with Gasteiger partial charge in [0.1, 0.15) is 18.4 Å². The highest BCUT2D eigenvalue weighted by Crippen LogP contribution is 2.35. The highest BCUT2D eigenvalue weighted by Gasteiger charge is 2.35. The molecule has 11 nitrogen and oxygen atoms in total. The van der Waals surface area contributed by atoms with Crippen molar-refractivity contribution >= 4 is 29.3 Å². The maximum atomic E-state index is 13.9. The van der Waals surface area contributed by atoms with Crippen molar-refractivity contribution in [2.24, 2.45) is 10.7 Å². The monoisotopic (exact) mass is 581 g/mol. The van der Waals surface area contributed by atoms with E-state index >= 15 is 0 Å². The van der Waals surface area contributed by atoms with Crippen molar-refractivity contribution in [2.45, 2.75) is 19.9 Å². The molecule has 0 saturated carbocycles. The molecular weight excluding hydrogens is 550 g/mol. The molecule has 0 fully saturated rings. The zero-order valence-electron chi connectivity index (χ0n) is 23.2. The van der Waals surface area contributed by atoms with Crippen molar-refractivity contribution in [3.63, 3.8) is 0 Å². The average molecular weight is 582 g/mol. The van der Waals surface area contributed by atoms with E-state index in [4.69, 9.17) is 29.4 Å². The van der Waals surface area contributed by atoms with Crippen molar-refractivity contribution in [1.29, 1.82) is 0 Å². The SMILES string of the molecule is CCOc1cc(C=c2sc3n(c2=O)C(c2ccccc2OC)C(C(=O)OCCOC)=C(C)N=3)ccc1OCC(N)=O. The predicted molar refractivity (Wildman–Crippen MR) is 152 cm³/mol. The lowest BCUT2D eigenvalue weighted by Gasteiger charge is -2.26. The van der Waals surface area contributed by atoms with E-state index in [1.807, 2.05) is 19.1 Å². The third kappa shape index (κ3) is 6.50. The summed E-state index contributed by atoms with van der Waals surface area (Å²) >= 11 is 1.19. The molecule has 0 bridgehead atoms. The minimum absolute atomic E-state index is 0.0521. The number of nitrogens with zero attached hydrogens (tertiary/aromatic N) is 2. The van der Waals surface area contributed by atoms with E-state index < -0.39 is 17.9 Å². The summed E-state index contributed by atoms with van der Waals surface area (Å²) in [4.78, 5) is 43.4. The summed E-state index contributed by atoms with van der Waals surface area (Å²) in [6.07, 6.45) is 1.71. The van der Waals surface area contributed by atoms with E-state index in [0.717, 1.165) is 0 Å². The summed E-state index contributed by atoms with van der Waals surface area (Å²) in [5.41, 5.74) is 6.81. The number of esters is 1. The molecule has 0 saturated heterocycles. The lowest BCUT2D eigenvalue weighted by Crippen LogP contribution is -2.40. The minimum atomic E-state index is -0.830. The Kier molecular flexibility index (Phi) is 9.58. The summed E-state index contributed by atoms with van der Waals surface area (Å²) in [6.45, 7) is 3.88. The number of fused-ring (bicyclic) bond motifs is 1. The summed E-state index contributed by atoms with van der Waals surface area (Å²) in [7, 11) is 3.04. The number of ether oxygens (including phenoxy) is 5. The Labute approximate surface area is 240 Å². The van der Waals surface area contributed by atoms with Gasteiger partial charge in [0.2, 0.25) is 0 Å². The number of thiazole rings is 1. The van der Waals surface area contributed by atoms with Crippen LogP contribution in [0.1, 0.15) is 31.0 Å². The maximum Gasteiger partial charge on any atom is 0.338 e. The molecule has 1 aromatic heterocycles. The van der Waals surface area contributed by atoms with E-state index in [-0.39, 0.29) is 31.0 Å². The van der Waals surface area contributed by atoms with Crippen molar-refractivity contribution in [1.82, 2.24) is 4.57 Å². The Bertz CT molecular complexity index is 1660. The van der Waals surface area contributed by atoms with Gasteiger partial charge in [0.25, 0.3) is 11.5 Å². The van der Waals surface area contributed by atoms with Crippen LogP contribution in [0.3, 0.4) is 0 Å². The molecule has 2 aromatic carbocycles. The summed E-state index contributed by atoms with van der Waals surface area (Å²) in [6, 6.07) is 11.5. The van der Waals surface area contributed by atoms with Gasteiger partial charge in [-0.3, -0.25) is 14.2 Å². The first-order valence-corrected chi connectivity index (χ1v) is 13.6. The molecule has 12 heteroatoms. The van der Waals surface area contributed by atoms with E-state index in [1.54, 1.807) is 43.3 Å². The maximum absolute atomic E-state index is 13.9. The van der Waals surface area contributed by atoms with Crippen LogP contribution in [0.25, 0.3) is 6.08 Å². The Hall–Kier alpha value is -4.42. The molecule has 1 aliphatic heterocycles. The number of allylic oxidation sites excluding steroid dienone is 1. The molecule has 2 N–H and O–H groups in total. The quantitative estimate of drug-likeness (QED) is 0.252. The van der Waals surface area contributed by atoms with Crippen LogP contribution in [-0.2, 0) is 19.1 Å². The predicted octanol–water partition coefficient (Wildman–Crippen LogP) is 1.70. The lowest BCUT2D eigenvalue weighted by atomic mass is 9.95. The number of para-hydroxylation sites is 1. The van der Waals surface area contributed by atoms with Gasteiger partial charge in [-0.2, -0.15) is 0 Å². The van der Waals surface area contributed by atoms with E-state index in [2.05, 4.69) is 4.99 Å². The third-order valence-electron chi connectivity index (χ3n) is 6.13. The normalized spacial score (nSPS) is 14.7. The highest BCUT2D eigenvalue weighted by molar-refractivity contribution is 7.07. The molecular formula is C29H31N3O8S. The molecule has 3 aromatic rings. The lowest BCUT2D eigenvalue weighted by molar-refractivity contribution is -0.140. The molecule has 1 amide bonds.